The van der Waals surface area contributed by atoms with Crippen molar-refractivity contribution in [3.8, 4) is 11.6 Å². The van der Waals surface area contributed by atoms with Gasteiger partial charge in [0.2, 0.25) is 5.50 Å². The van der Waals surface area contributed by atoms with Crippen LogP contribution >= 0.6 is 19.2 Å². The van der Waals surface area contributed by atoms with Gasteiger partial charge < -0.3 is 19.2 Å². The zero-order valence-electron chi connectivity index (χ0n) is 9.67. The molecule has 0 aliphatic carbocycles. The van der Waals surface area contributed by atoms with Crippen LogP contribution in [0.25, 0.3) is 22.6 Å². The van der Waals surface area contributed by atoms with E-state index < -0.39 is 18.9 Å². The molecule has 6 nitrogen and oxygen atoms in total. The van der Waals surface area contributed by atoms with Gasteiger partial charge in [-0.25, -0.2) is 9.37 Å². The van der Waals surface area contributed by atoms with Crippen molar-refractivity contribution >= 4 is 35.7 Å². The number of imidazole rings is 1. The standard InChI is InChI=1S/C11H7ClFN2O4P/c12-5-3-7-8(4-6(5)13)15-11(14-7)9-1-2-10(19-9)20(16,17)18/h1-4H,(H,14,15)(H2,16,17,18). The van der Waals surface area contributed by atoms with Crippen molar-refractivity contribution in [2.75, 3.05) is 0 Å². The van der Waals surface area contributed by atoms with Gasteiger partial charge in [-0.05, 0) is 18.2 Å². The Labute approximate surface area is 116 Å². The Hall–Kier alpha value is -1.66. The van der Waals surface area contributed by atoms with Crippen LogP contribution in [-0.2, 0) is 4.57 Å². The Morgan fingerprint density at radius 2 is 2.10 bits per heavy atom. The maximum absolute atomic E-state index is 13.3. The third-order valence-corrected chi connectivity index (χ3v) is 3.74. The number of rotatable bonds is 2. The Kier molecular flexibility index (Phi) is 2.95. The lowest BCUT2D eigenvalue weighted by Gasteiger charge is -1.97. The highest BCUT2D eigenvalue weighted by atomic mass is 35.5. The molecule has 3 N–H and O–H groups in total. The molecule has 0 fully saturated rings. The van der Waals surface area contributed by atoms with E-state index in [1.807, 2.05) is 0 Å². The third kappa shape index (κ3) is 2.25. The fourth-order valence-corrected chi connectivity index (χ4v) is 2.38. The number of hydrogen-bond acceptors (Lipinski definition) is 3. The first-order valence-corrected chi connectivity index (χ1v) is 7.35. The summed E-state index contributed by atoms with van der Waals surface area (Å²) in [5, 5.41) is -0.0640. The summed E-state index contributed by atoms with van der Waals surface area (Å²) >= 11 is 5.65. The van der Waals surface area contributed by atoms with E-state index in [-0.39, 0.29) is 16.6 Å². The SMILES string of the molecule is O=P(O)(O)c1ccc(-c2nc3cc(Cl)c(F)cc3[nH]2)o1. The second kappa shape index (κ2) is 4.43. The summed E-state index contributed by atoms with van der Waals surface area (Å²) in [5.74, 6) is -0.234. The maximum atomic E-state index is 13.3. The van der Waals surface area contributed by atoms with Crippen molar-refractivity contribution in [3.05, 3.63) is 35.1 Å². The number of halogens is 2. The molecule has 9 heteroatoms. The van der Waals surface area contributed by atoms with Gasteiger partial charge >= 0.3 is 7.60 Å². The van der Waals surface area contributed by atoms with Crippen molar-refractivity contribution in [2.45, 2.75) is 0 Å². The van der Waals surface area contributed by atoms with Gasteiger partial charge in [0, 0.05) is 6.07 Å². The minimum atomic E-state index is -4.46. The molecule has 0 aliphatic heterocycles. The van der Waals surface area contributed by atoms with Crippen LogP contribution in [0.4, 0.5) is 4.39 Å². The van der Waals surface area contributed by atoms with E-state index in [1.54, 1.807) is 0 Å². The smallest absolute Gasteiger partial charge is 0.391 e. The molecule has 0 bridgehead atoms. The van der Waals surface area contributed by atoms with Crippen LogP contribution in [0, 0.1) is 5.82 Å². The molecule has 0 spiro atoms. The normalized spacial score (nSPS) is 12.2. The lowest BCUT2D eigenvalue weighted by molar-refractivity contribution is 0.377. The van der Waals surface area contributed by atoms with Gasteiger partial charge in [-0.3, -0.25) is 4.57 Å². The molecule has 0 atom stereocenters. The largest absolute Gasteiger partial charge is 0.445 e. The van der Waals surface area contributed by atoms with Crippen molar-refractivity contribution < 1.29 is 23.2 Å². The Balaban J connectivity index is 2.11. The second-order valence-corrected chi connectivity index (χ2v) is 5.99. The number of benzene rings is 1. The van der Waals surface area contributed by atoms with E-state index in [0.717, 1.165) is 6.07 Å². The predicted molar refractivity (Wildman–Crippen MR) is 70.4 cm³/mol. The highest BCUT2D eigenvalue weighted by Crippen LogP contribution is 2.35. The van der Waals surface area contributed by atoms with Gasteiger partial charge in [-0.1, -0.05) is 11.6 Å². The number of nitrogens with zero attached hydrogens (tertiary/aromatic N) is 1. The van der Waals surface area contributed by atoms with Gasteiger partial charge in [0.1, 0.15) is 5.82 Å². The fraction of sp³-hybridized carbons (Fsp3) is 0. The monoisotopic (exact) mass is 316 g/mol. The summed E-state index contributed by atoms with van der Waals surface area (Å²) < 4.78 is 29.4. The van der Waals surface area contributed by atoms with Crippen LogP contribution < -0.4 is 5.50 Å². The van der Waals surface area contributed by atoms with Gasteiger partial charge in [0.25, 0.3) is 0 Å². The van der Waals surface area contributed by atoms with Crippen molar-refractivity contribution in [2.24, 2.45) is 0 Å². The van der Waals surface area contributed by atoms with Gasteiger partial charge in [-0.15, -0.1) is 0 Å². The summed E-state index contributed by atoms with van der Waals surface area (Å²) in [5.41, 5.74) is 0.355. The average Bonchev–Trinajstić information content (AvgIpc) is 2.94. The minimum absolute atomic E-state index is 0.0640. The van der Waals surface area contributed by atoms with Crippen molar-refractivity contribution in [1.82, 2.24) is 9.97 Å². The maximum Gasteiger partial charge on any atom is 0.391 e. The molecule has 104 valence electrons. The highest BCUT2D eigenvalue weighted by molar-refractivity contribution is 7.59. The molecule has 0 unspecified atom stereocenters. The molecule has 2 aromatic heterocycles. The summed E-state index contributed by atoms with van der Waals surface area (Å²) in [4.78, 5) is 24.9. The Bertz CT molecular complexity index is 814. The minimum Gasteiger partial charge on any atom is -0.445 e. The third-order valence-electron chi connectivity index (χ3n) is 2.64. The fourth-order valence-electron chi connectivity index (χ4n) is 1.73. The van der Waals surface area contributed by atoms with Crippen LogP contribution in [0.3, 0.4) is 0 Å². The molecular formula is C11H7ClFN2O4P. The number of fused-ring (bicyclic) bond motifs is 1. The summed E-state index contributed by atoms with van der Waals surface area (Å²) in [6.45, 7) is 0. The number of aromatic amines is 1. The van der Waals surface area contributed by atoms with E-state index in [1.165, 1.54) is 18.2 Å². The molecule has 20 heavy (non-hydrogen) atoms. The Morgan fingerprint density at radius 1 is 1.35 bits per heavy atom. The van der Waals surface area contributed by atoms with E-state index in [9.17, 15) is 8.96 Å². The zero-order chi connectivity index (χ0) is 14.5. The molecule has 0 saturated heterocycles. The van der Waals surface area contributed by atoms with Gasteiger partial charge in [0.15, 0.2) is 11.6 Å². The first-order valence-electron chi connectivity index (χ1n) is 5.35. The average molecular weight is 317 g/mol. The molecule has 0 amide bonds. The quantitative estimate of drug-likeness (QED) is 0.630. The molecule has 0 radical (unpaired) electrons. The van der Waals surface area contributed by atoms with E-state index in [0.29, 0.717) is 11.0 Å². The van der Waals surface area contributed by atoms with E-state index in [2.05, 4.69) is 9.97 Å². The summed E-state index contributed by atoms with van der Waals surface area (Å²) in [6.07, 6.45) is 0. The molecule has 0 aliphatic rings. The first-order chi connectivity index (χ1) is 9.34. The molecule has 3 rings (SSSR count). The van der Waals surface area contributed by atoms with Gasteiger partial charge in [-0.2, -0.15) is 0 Å². The highest BCUT2D eigenvalue weighted by Gasteiger charge is 2.23. The summed E-state index contributed by atoms with van der Waals surface area (Å²) in [6, 6.07) is 5.06. The number of furan rings is 1. The number of hydrogen-bond donors (Lipinski definition) is 3. The van der Waals surface area contributed by atoms with Crippen LogP contribution in [-0.4, -0.2) is 19.8 Å². The van der Waals surface area contributed by atoms with Crippen LogP contribution in [0.2, 0.25) is 5.02 Å². The molecule has 3 aromatic rings. The predicted octanol–water partition coefficient (Wildman–Crippen LogP) is 2.42. The first kappa shape index (κ1) is 13.3. The number of aromatic nitrogens is 2. The topological polar surface area (TPSA) is 99.4 Å². The van der Waals surface area contributed by atoms with Crippen LogP contribution in [0.1, 0.15) is 0 Å². The zero-order valence-corrected chi connectivity index (χ0v) is 11.3. The number of H-pyrrole nitrogens is 1. The van der Waals surface area contributed by atoms with E-state index >= 15 is 0 Å². The van der Waals surface area contributed by atoms with Crippen LogP contribution in [0.15, 0.2) is 28.7 Å². The second-order valence-electron chi connectivity index (χ2n) is 4.05. The van der Waals surface area contributed by atoms with Gasteiger partial charge in [0.05, 0.1) is 16.1 Å². The number of nitrogens with one attached hydrogen (secondary N) is 1. The molecule has 0 saturated carbocycles. The van der Waals surface area contributed by atoms with Crippen molar-refractivity contribution in [3.63, 3.8) is 0 Å². The van der Waals surface area contributed by atoms with E-state index in [4.69, 9.17) is 25.8 Å². The lowest BCUT2D eigenvalue weighted by Crippen LogP contribution is -1.98. The molecular weight excluding hydrogens is 310 g/mol. The molecule has 1 aromatic carbocycles. The summed E-state index contributed by atoms with van der Waals surface area (Å²) in [7, 11) is -4.46. The molecule has 2 heterocycles. The lowest BCUT2D eigenvalue weighted by atomic mass is 10.3. The Morgan fingerprint density at radius 3 is 2.75 bits per heavy atom. The van der Waals surface area contributed by atoms with Crippen molar-refractivity contribution in [1.29, 1.82) is 0 Å². The van der Waals surface area contributed by atoms with Crippen LogP contribution in [0.5, 0.6) is 0 Å².